The standard InChI is InChI=1S/C19H16N4O5/c1-11-3-8-15(9-12(11)2)28-18-16(23(26)27)17(20-10-21-18)22-14-6-4-13(5-7-14)19(24)25/h3-10H,1-2H3,(H,24,25)(H,20,21,22). The maximum Gasteiger partial charge on any atom is 0.373 e. The third-order valence-electron chi connectivity index (χ3n) is 4.06. The van der Waals surface area contributed by atoms with E-state index in [1.54, 1.807) is 12.1 Å². The van der Waals surface area contributed by atoms with E-state index in [1.807, 2.05) is 19.9 Å². The summed E-state index contributed by atoms with van der Waals surface area (Å²) in [5.41, 5.74) is 2.15. The Bertz CT molecular complexity index is 1050. The molecule has 0 saturated heterocycles. The van der Waals surface area contributed by atoms with Crippen LogP contribution >= 0.6 is 0 Å². The highest BCUT2D eigenvalue weighted by molar-refractivity contribution is 5.88. The molecule has 2 aromatic carbocycles. The van der Waals surface area contributed by atoms with Gasteiger partial charge >= 0.3 is 17.5 Å². The molecule has 0 amide bonds. The Morgan fingerprint density at radius 1 is 1.11 bits per heavy atom. The topological polar surface area (TPSA) is 127 Å². The minimum Gasteiger partial charge on any atom is -0.478 e. The number of hydrogen-bond donors (Lipinski definition) is 2. The number of carboxylic acid groups (broad SMARTS) is 1. The SMILES string of the molecule is Cc1ccc(Oc2ncnc(Nc3ccc(C(=O)O)cc3)c2[N+](=O)[O-])cc1C. The molecule has 3 aromatic rings. The van der Waals surface area contributed by atoms with E-state index >= 15 is 0 Å². The molecule has 28 heavy (non-hydrogen) atoms. The molecule has 0 saturated carbocycles. The Morgan fingerprint density at radius 2 is 1.82 bits per heavy atom. The Balaban J connectivity index is 1.93. The van der Waals surface area contributed by atoms with Gasteiger partial charge in [0.15, 0.2) is 0 Å². The van der Waals surface area contributed by atoms with Gasteiger partial charge in [-0.1, -0.05) is 6.07 Å². The molecular formula is C19H16N4O5. The monoisotopic (exact) mass is 380 g/mol. The molecule has 0 aliphatic heterocycles. The molecule has 0 unspecified atom stereocenters. The summed E-state index contributed by atoms with van der Waals surface area (Å²) < 4.78 is 5.63. The molecule has 9 heteroatoms. The van der Waals surface area contributed by atoms with E-state index in [9.17, 15) is 14.9 Å². The van der Waals surface area contributed by atoms with E-state index in [1.165, 1.54) is 24.3 Å². The van der Waals surface area contributed by atoms with E-state index in [4.69, 9.17) is 9.84 Å². The number of aromatic nitrogens is 2. The van der Waals surface area contributed by atoms with Crippen molar-refractivity contribution in [3.8, 4) is 11.6 Å². The molecule has 142 valence electrons. The van der Waals surface area contributed by atoms with Gasteiger partial charge in [-0.15, -0.1) is 0 Å². The fraction of sp³-hybridized carbons (Fsp3) is 0.105. The number of nitro groups is 1. The molecule has 2 N–H and O–H groups in total. The minimum atomic E-state index is -1.07. The van der Waals surface area contributed by atoms with Crippen molar-refractivity contribution in [3.05, 3.63) is 75.6 Å². The quantitative estimate of drug-likeness (QED) is 0.480. The predicted octanol–water partition coefficient (Wildman–Crippen LogP) is 4.24. The van der Waals surface area contributed by atoms with Crippen molar-refractivity contribution in [1.82, 2.24) is 9.97 Å². The van der Waals surface area contributed by atoms with E-state index in [-0.39, 0.29) is 17.3 Å². The molecule has 1 heterocycles. The van der Waals surface area contributed by atoms with E-state index in [0.717, 1.165) is 17.5 Å². The third kappa shape index (κ3) is 4.04. The molecule has 0 radical (unpaired) electrons. The highest BCUT2D eigenvalue weighted by Gasteiger charge is 2.25. The fourth-order valence-corrected chi connectivity index (χ4v) is 2.42. The average molecular weight is 380 g/mol. The van der Waals surface area contributed by atoms with Crippen LogP contribution < -0.4 is 10.1 Å². The zero-order valence-electron chi connectivity index (χ0n) is 15.0. The second kappa shape index (κ2) is 7.70. The van der Waals surface area contributed by atoms with Crippen molar-refractivity contribution in [1.29, 1.82) is 0 Å². The number of anilines is 2. The van der Waals surface area contributed by atoms with Gasteiger partial charge in [0.25, 0.3) is 0 Å². The summed E-state index contributed by atoms with van der Waals surface area (Å²) in [4.78, 5) is 29.7. The number of benzene rings is 2. The maximum atomic E-state index is 11.6. The van der Waals surface area contributed by atoms with E-state index < -0.39 is 16.6 Å². The second-order valence-electron chi connectivity index (χ2n) is 5.99. The van der Waals surface area contributed by atoms with Crippen LogP contribution in [0.3, 0.4) is 0 Å². The number of carbonyl (C=O) groups is 1. The van der Waals surface area contributed by atoms with Crippen molar-refractivity contribution in [2.45, 2.75) is 13.8 Å². The van der Waals surface area contributed by atoms with Gasteiger partial charge in [0.05, 0.1) is 10.5 Å². The molecule has 0 aliphatic carbocycles. The number of hydrogen-bond acceptors (Lipinski definition) is 7. The number of aryl methyl sites for hydroxylation is 2. The molecule has 3 rings (SSSR count). The summed E-state index contributed by atoms with van der Waals surface area (Å²) in [7, 11) is 0. The number of ether oxygens (including phenoxy) is 1. The Morgan fingerprint density at radius 3 is 2.43 bits per heavy atom. The number of nitrogens with one attached hydrogen (secondary N) is 1. The first-order valence-electron chi connectivity index (χ1n) is 8.20. The van der Waals surface area contributed by atoms with Gasteiger partial charge in [-0.25, -0.2) is 9.78 Å². The average Bonchev–Trinajstić information content (AvgIpc) is 2.65. The Kier molecular flexibility index (Phi) is 5.16. The van der Waals surface area contributed by atoms with Crippen LogP contribution in [0, 0.1) is 24.0 Å². The smallest absolute Gasteiger partial charge is 0.373 e. The normalized spacial score (nSPS) is 10.4. The van der Waals surface area contributed by atoms with Crippen LogP contribution in [0.15, 0.2) is 48.8 Å². The van der Waals surface area contributed by atoms with Crippen LogP contribution in [-0.4, -0.2) is 26.0 Å². The van der Waals surface area contributed by atoms with Crippen molar-refractivity contribution < 1.29 is 19.6 Å². The Labute approximate surface area is 159 Å². The van der Waals surface area contributed by atoms with Crippen LogP contribution in [0.1, 0.15) is 21.5 Å². The lowest BCUT2D eigenvalue weighted by Gasteiger charge is -2.10. The van der Waals surface area contributed by atoms with E-state index in [2.05, 4.69) is 15.3 Å². The van der Waals surface area contributed by atoms with Crippen LogP contribution in [0.25, 0.3) is 0 Å². The predicted molar refractivity (Wildman–Crippen MR) is 101 cm³/mol. The van der Waals surface area contributed by atoms with Gasteiger partial charge in [-0.2, -0.15) is 4.98 Å². The first-order chi connectivity index (χ1) is 13.3. The van der Waals surface area contributed by atoms with Crippen molar-refractivity contribution in [3.63, 3.8) is 0 Å². The maximum absolute atomic E-state index is 11.6. The highest BCUT2D eigenvalue weighted by Crippen LogP contribution is 2.35. The fourth-order valence-electron chi connectivity index (χ4n) is 2.42. The largest absolute Gasteiger partial charge is 0.478 e. The van der Waals surface area contributed by atoms with Gasteiger partial charge < -0.3 is 15.2 Å². The molecule has 0 fully saturated rings. The second-order valence-corrected chi connectivity index (χ2v) is 5.99. The van der Waals surface area contributed by atoms with Crippen molar-refractivity contribution in [2.24, 2.45) is 0 Å². The number of aromatic carboxylic acids is 1. The van der Waals surface area contributed by atoms with Gasteiger partial charge in [0, 0.05) is 5.69 Å². The summed E-state index contributed by atoms with van der Waals surface area (Å²) in [6.45, 7) is 3.86. The minimum absolute atomic E-state index is 0.0677. The lowest BCUT2D eigenvalue weighted by molar-refractivity contribution is -0.385. The summed E-state index contributed by atoms with van der Waals surface area (Å²) in [6, 6.07) is 11.0. The third-order valence-corrected chi connectivity index (χ3v) is 4.06. The molecular weight excluding hydrogens is 364 g/mol. The molecule has 9 nitrogen and oxygen atoms in total. The summed E-state index contributed by atoms with van der Waals surface area (Å²) in [6.07, 6.45) is 1.15. The van der Waals surface area contributed by atoms with Gasteiger partial charge in [0.1, 0.15) is 12.1 Å². The van der Waals surface area contributed by atoms with Crippen LogP contribution in [-0.2, 0) is 0 Å². The Hall–Kier alpha value is -4.01. The van der Waals surface area contributed by atoms with Crippen LogP contribution in [0.2, 0.25) is 0 Å². The molecule has 0 spiro atoms. The first-order valence-corrected chi connectivity index (χ1v) is 8.20. The van der Waals surface area contributed by atoms with Gasteiger partial charge in [-0.05, 0) is 61.4 Å². The number of nitrogens with zero attached hydrogens (tertiary/aromatic N) is 3. The molecule has 0 bridgehead atoms. The summed E-state index contributed by atoms with van der Waals surface area (Å²) in [5.74, 6) is -0.917. The lowest BCUT2D eigenvalue weighted by atomic mass is 10.1. The lowest BCUT2D eigenvalue weighted by Crippen LogP contribution is -2.04. The molecule has 0 atom stereocenters. The van der Waals surface area contributed by atoms with Gasteiger partial charge in [0.2, 0.25) is 5.82 Å². The summed E-state index contributed by atoms with van der Waals surface area (Å²) in [5, 5.41) is 23.4. The zero-order valence-corrected chi connectivity index (χ0v) is 15.0. The summed E-state index contributed by atoms with van der Waals surface area (Å²) >= 11 is 0. The highest BCUT2D eigenvalue weighted by atomic mass is 16.6. The van der Waals surface area contributed by atoms with E-state index in [0.29, 0.717) is 11.4 Å². The van der Waals surface area contributed by atoms with Crippen LogP contribution in [0.5, 0.6) is 11.6 Å². The molecule has 1 aromatic heterocycles. The van der Waals surface area contributed by atoms with Crippen molar-refractivity contribution >= 4 is 23.2 Å². The van der Waals surface area contributed by atoms with Crippen molar-refractivity contribution in [2.75, 3.05) is 5.32 Å². The van der Waals surface area contributed by atoms with Crippen LogP contribution in [0.4, 0.5) is 17.2 Å². The van der Waals surface area contributed by atoms with Gasteiger partial charge in [-0.3, -0.25) is 10.1 Å². The molecule has 0 aliphatic rings. The first kappa shape index (κ1) is 18.8. The number of carboxylic acids is 1. The zero-order chi connectivity index (χ0) is 20.3. The number of rotatable bonds is 6.